The smallest absolute Gasteiger partial charge is 0.306 e. The lowest BCUT2D eigenvalue weighted by Crippen LogP contribution is -2.40. The highest BCUT2D eigenvalue weighted by atomic mass is 16.4. The zero-order valence-electron chi connectivity index (χ0n) is 14.2. The molecule has 0 saturated heterocycles. The van der Waals surface area contributed by atoms with Crippen LogP contribution in [0.25, 0.3) is 5.57 Å². The van der Waals surface area contributed by atoms with Crippen LogP contribution in [0, 0.1) is 18.8 Å². The van der Waals surface area contributed by atoms with Gasteiger partial charge in [0.1, 0.15) is 0 Å². The van der Waals surface area contributed by atoms with E-state index in [1.165, 1.54) is 16.7 Å². The molecule has 1 amide bonds. The van der Waals surface area contributed by atoms with Crippen molar-refractivity contribution in [1.82, 2.24) is 4.90 Å². The van der Waals surface area contributed by atoms with Crippen molar-refractivity contribution in [2.24, 2.45) is 11.8 Å². The van der Waals surface area contributed by atoms with Crippen molar-refractivity contribution in [3.63, 3.8) is 0 Å². The predicted octanol–water partition coefficient (Wildman–Crippen LogP) is 3.50. The van der Waals surface area contributed by atoms with E-state index < -0.39 is 5.97 Å². The molecule has 4 nitrogen and oxygen atoms in total. The molecule has 0 spiro atoms. The summed E-state index contributed by atoms with van der Waals surface area (Å²) in [4.78, 5) is 25.6. The molecule has 2 aliphatic rings. The average Bonchev–Trinajstić information content (AvgIpc) is 2.61. The third-order valence-corrected chi connectivity index (χ3v) is 5.34. The number of carboxylic acids is 1. The molecule has 1 fully saturated rings. The van der Waals surface area contributed by atoms with Gasteiger partial charge in [-0.15, -0.1) is 0 Å². The molecule has 128 valence electrons. The van der Waals surface area contributed by atoms with Gasteiger partial charge in [-0.25, -0.2) is 0 Å². The summed E-state index contributed by atoms with van der Waals surface area (Å²) >= 11 is 0. The number of carbonyl (C=O) groups excluding carboxylic acids is 1. The van der Waals surface area contributed by atoms with Crippen molar-refractivity contribution in [2.75, 3.05) is 13.1 Å². The largest absolute Gasteiger partial charge is 0.481 e. The Bertz CT molecular complexity index is 657. The zero-order chi connectivity index (χ0) is 17.1. The van der Waals surface area contributed by atoms with Gasteiger partial charge in [0.25, 0.3) is 0 Å². The summed E-state index contributed by atoms with van der Waals surface area (Å²) in [6, 6.07) is 8.49. The van der Waals surface area contributed by atoms with Crippen molar-refractivity contribution in [3.05, 3.63) is 41.5 Å². The van der Waals surface area contributed by atoms with Crippen LogP contribution < -0.4 is 0 Å². The molecule has 1 N–H and O–H groups in total. The number of rotatable bonds is 3. The summed E-state index contributed by atoms with van der Waals surface area (Å²) in [6.07, 6.45) is 5.73. The number of carbonyl (C=O) groups is 2. The van der Waals surface area contributed by atoms with Crippen LogP contribution in [-0.2, 0) is 9.59 Å². The van der Waals surface area contributed by atoms with E-state index in [9.17, 15) is 9.59 Å². The first kappa shape index (κ1) is 16.7. The molecule has 3 rings (SSSR count). The average molecular weight is 327 g/mol. The minimum Gasteiger partial charge on any atom is -0.481 e. The Kier molecular flexibility index (Phi) is 5.03. The molecule has 0 bridgehead atoms. The number of amides is 1. The van der Waals surface area contributed by atoms with Crippen molar-refractivity contribution >= 4 is 17.4 Å². The summed E-state index contributed by atoms with van der Waals surface area (Å²) < 4.78 is 0. The van der Waals surface area contributed by atoms with E-state index in [1.807, 2.05) is 4.90 Å². The van der Waals surface area contributed by atoms with E-state index in [4.69, 9.17) is 5.11 Å². The molecule has 0 aromatic heterocycles. The Hall–Kier alpha value is -2.10. The normalized spacial score (nSPS) is 24.4. The van der Waals surface area contributed by atoms with Gasteiger partial charge in [0.15, 0.2) is 0 Å². The van der Waals surface area contributed by atoms with Gasteiger partial charge >= 0.3 is 5.97 Å². The van der Waals surface area contributed by atoms with Gasteiger partial charge in [-0.2, -0.15) is 0 Å². The second kappa shape index (κ2) is 7.20. The van der Waals surface area contributed by atoms with Gasteiger partial charge in [-0.05, 0) is 50.2 Å². The maximum Gasteiger partial charge on any atom is 0.306 e. The van der Waals surface area contributed by atoms with E-state index in [0.717, 1.165) is 13.0 Å². The first-order chi connectivity index (χ1) is 11.5. The third kappa shape index (κ3) is 3.69. The van der Waals surface area contributed by atoms with Crippen LogP contribution in [0.3, 0.4) is 0 Å². The highest BCUT2D eigenvalue weighted by Gasteiger charge is 2.32. The van der Waals surface area contributed by atoms with Crippen molar-refractivity contribution in [1.29, 1.82) is 0 Å². The zero-order valence-corrected chi connectivity index (χ0v) is 14.2. The first-order valence-electron chi connectivity index (χ1n) is 8.82. The van der Waals surface area contributed by atoms with Crippen LogP contribution in [0.4, 0.5) is 0 Å². The fourth-order valence-electron chi connectivity index (χ4n) is 3.82. The molecule has 1 heterocycles. The van der Waals surface area contributed by atoms with Crippen LogP contribution >= 0.6 is 0 Å². The lowest BCUT2D eigenvalue weighted by Gasteiger charge is -2.33. The van der Waals surface area contributed by atoms with Crippen LogP contribution in [-0.4, -0.2) is 35.0 Å². The first-order valence-corrected chi connectivity index (χ1v) is 8.82. The second-order valence-corrected chi connectivity index (χ2v) is 7.02. The van der Waals surface area contributed by atoms with Gasteiger partial charge in [-0.1, -0.05) is 35.9 Å². The number of benzene rings is 1. The second-order valence-electron chi connectivity index (χ2n) is 7.02. The molecule has 0 unspecified atom stereocenters. The molecule has 1 aliphatic carbocycles. The van der Waals surface area contributed by atoms with E-state index in [-0.39, 0.29) is 17.7 Å². The van der Waals surface area contributed by atoms with Crippen LogP contribution in [0.15, 0.2) is 30.3 Å². The maximum atomic E-state index is 12.7. The Balaban J connectivity index is 1.58. The Morgan fingerprint density at radius 1 is 1.12 bits per heavy atom. The fourth-order valence-corrected chi connectivity index (χ4v) is 3.82. The molecule has 0 radical (unpaired) electrons. The highest BCUT2D eigenvalue weighted by Crippen LogP contribution is 2.31. The molecule has 1 aromatic rings. The lowest BCUT2D eigenvalue weighted by molar-refractivity contribution is -0.145. The summed E-state index contributed by atoms with van der Waals surface area (Å²) in [5.74, 6) is -0.763. The van der Waals surface area contributed by atoms with Crippen LogP contribution in [0.1, 0.15) is 43.2 Å². The van der Waals surface area contributed by atoms with Gasteiger partial charge < -0.3 is 10.0 Å². The highest BCUT2D eigenvalue weighted by molar-refractivity contribution is 5.81. The molecule has 1 aromatic carbocycles. The third-order valence-electron chi connectivity index (χ3n) is 5.34. The van der Waals surface area contributed by atoms with E-state index in [2.05, 4.69) is 37.3 Å². The summed E-state index contributed by atoms with van der Waals surface area (Å²) in [7, 11) is 0. The minimum atomic E-state index is -0.718. The van der Waals surface area contributed by atoms with E-state index >= 15 is 0 Å². The lowest BCUT2D eigenvalue weighted by atomic mass is 9.81. The quantitative estimate of drug-likeness (QED) is 0.924. The molecule has 0 atom stereocenters. The van der Waals surface area contributed by atoms with Crippen molar-refractivity contribution < 1.29 is 14.7 Å². The fraction of sp³-hybridized carbons (Fsp3) is 0.500. The van der Waals surface area contributed by atoms with Crippen LogP contribution in [0.5, 0.6) is 0 Å². The van der Waals surface area contributed by atoms with E-state index in [0.29, 0.717) is 32.2 Å². The summed E-state index contributed by atoms with van der Waals surface area (Å²) in [5, 5.41) is 9.07. The van der Waals surface area contributed by atoms with E-state index in [1.54, 1.807) is 0 Å². The Labute approximate surface area is 143 Å². The number of hydrogen-bond donors (Lipinski definition) is 1. The number of nitrogens with zero attached hydrogens (tertiary/aromatic N) is 1. The van der Waals surface area contributed by atoms with Crippen LogP contribution in [0.2, 0.25) is 0 Å². The van der Waals surface area contributed by atoms with Gasteiger partial charge in [0.05, 0.1) is 5.92 Å². The Morgan fingerprint density at radius 2 is 1.83 bits per heavy atom. The molecule has 1 aliphatic heterocycles. The topological polar surface area (TPSA) is 57.6 Å². The van der Waals surface area contributed by atoms with Crippen molar-refractivity contribution in [2.45, 2.75) is 39.0 Å². The summed E-state index contributed by atoms with van der Waals surface area (Å²) in [6.45, 7) is 3.52. The molecular weight excluding hydrogens is 302 g/mol. The monoisotopic (exact) mass is 327 g/mol. The maximum absolute atomic E-state index is 12.7. The Morgan fingerprint density at radius 3 is 2.42 bits per heavy atom. The minimum absolute atomic E-state index is 0.00881. The molecule has 1 saturated carbocycles. The molecule has 4 heteroatoms. The predicted molar refractivity (Wildman–Crippen MR) is 93.4 cm³/mol. The number of aryl methyl sites for hydroxylation is 1. The number of carboxylic acid groups (broad SMARTS) is 1. The number of aliphatic carboxylic acids is 1. The SMILES string of the molecule is Cc1cccc(C2=CCN(C(=O)C3CCC(C(=O)O)CC3)CC2)c1. The van der Waals surface area contributed by atoms with Gasteiger partial charge in [0.2, 0.25) is 5.91 Å². The van der Waals surface area contributed by atoms with Gasteiger partial charge in [-0.3, -0.25) is 9.59 Å². The van der Waals surface area contributed by atoms with Crippen molar-refractivity contribution in [3.8, 4) is 0 Å². The molecular formula is C20H25NO3. The van der Waals surface area contributed by atoms with Gasteiger partial charge in [0, 0.05) is 19.0 Å². The number of hydrogen-bond acceptors (Lipinski definition) is 2. The standard InChI is InChI=1S/C20H25NO3/c1-14-3-2-4-18(13-14)15-9-11-21(12-10-15)19(22)16-5-7-17(8-6-16)20(23)24/h2-4,9,13,16-17H,5-8,10-12H2,1H3,(H,23,24). The molecule has 24 heavy (non-hydrogen) atoms. The summed E-state index contributed by atoms with van der Waals surface area (Å²) in [5.41, 5.74) is 3.82.